The van der Waals surface area contributed by atoms with Gasteiger partial charge in [-0.2, -0.15) is 0 Å². The minimum Gasteiger partial charge on any atom is -0.369 e. The monoisotopic (exact) mass is 219 g/mol. The van der Waals surface area contributed by atoms with Crippen LogP contribution < -0.4 is 5.73 Å². The zero-order valence-corrected chi connectivity index (χ0v) is 8.27. The summed E-state index contributed by atoms with van der Waals surface area (Å²) in [7, 11) is 0. The van der Waals surface area contributed by atoms with Gasteiger partial charge in [0, 0.05) is 29.2 Å². The van der Waals surface area contributed by atoms with Gasteiger partial charge < -0.3 is 10.7 Å². The van der Waals surface area contributed by atoms with Crippen molar-refractivity contribution in [1.82, 2.24) is 4.98 Å². The molecule has 82 valence electrons. The van der Waals surface area contributed by atoms with E-state index in [2.05, 4.69) is 4.98 Å². The Morgan fingerprint density at radius 3 is 2.88 bits per heavy atom. The Bertz CT molecular complexity index is 574. The van der Waals surface area contributed by atoms with Gasteiger partial charge in [0.25, 0.3) is 5.69 Å². The number of aromatic amines is 1. The van der Waals surface area contributed by atoms with Crippen LogP contribution in [-0.4, -0.2) is 15.8 Å². The molecule has 0 aliphatic carbocycles. The Labute approximate surface area is 90.2 Å². The molecule has 2 aromatic rings. The van der Waals surface area contributed by atoms with Gasteiger partial charge in [-0.25, -0.2) is 0 Å². The van der Waals surface area contributed by atoms with E-state index in [0.717, 1.165) is 5.52 Å². The Balaban J connectivity index is 2.55. The first-order valence-corrected chi connectivity index (χ1v) is 4.60. The molecule has 1 aromatic heterocycles. The van der Waals surface area contributed by atoms with Crippen LogP contribution in [0.15, 0.2) is 24.4 Å². The van der Waals surface area contributed by atoms with E-state index < -0.39 is 10.8 Å². The summed E-state index contributed by atoms with van der Waals surface area (Å²) < 4.78 is 0. The van der Waals surface area contributed by atoms with Gasteiger partial charge in [-0.3, -0.25) is 14.9 Å². The van der Waals surface area contributed by atoms with E-state index in [-0.39, 0.29) is 12.1 Å². The number of primary amides is 1. The molecule has 1 aromatic carbocycles. The molecular formula is C10H9N3O3. The van der Waals surface area contributed by atoms with Crippen LogP contribution in [0.1, 0.15) is 5.56 Å². The van der Waals surface area contributed by atoms with Crippen LogP contribution in [0, 0.1) is 10.1 Å². The first-order valence-electron chi connectivity index (χ1n) is 4.60. The molecular weight excluding hydrogens is 210 g/mol. The average Bonchev–Trinajstić information content (AvgIpc) is 2.60. The Morgan fingerprint density at radius 1 is 1.50 bits per heavy atom. The number of amides is 1. The van der Waals surface area contributed by atoms with Crippen molar-refractivity contribution in [3.05, 3.63) is 40.1 Å². The third kappa shape index (κ3) is 1.72. The highest BCUT2D eigenvalue weighted by Crippen LogP contribution is 2.23. The summed E-state index contributed by atoms with van der Waals surface area (Å²) in [6.07, 6.45) is 1.71. The molecule has 6 heteroatoms. The normalized spacial score (nSPS) is 10.5. The topological polar surface area (TPSA) is 102 Å². The highest BCUT2D eigenvalue weighted by Gasteiger charge is 2.11. The predicted molar refractivity (Wildman–Crippen MR) is 57.9 cm³/mol. The number of rotatable bonds is 3. The summed E-state index contributed by atoms with van der Waals surface area (Å²) in [6, 6.07) is 4.45. The quantitative estimate of drug-likeness (QED) is 0.596. The number of carbonyl (C=O) groups is 1. The number of nitro groups is 1. The zero-order chi connectivity index (χ0) is 11.7. The number of carbonyl (C=O) groups excluding carboxylic acids is 1. The lowest BCUT2D eigenvalue weighted by Gasteiger charge is -1.95. The van der Waals surface area contributed by atoms with E-state index in [9.17, 15) is 14.9 Å². The lowest BCUT2D eigenvalue weighted by Crippen LogP contribution is -2.13. The summed E-state index contributed by atoms with van der Waals surface area (Å²) in [4.78, 5) is 23.9. The molecule has 0 fully saturated rings. The highest BCUT2D eigenvalue weighted by molar-refractivity contribution is 5.89. The van der Waals surface area contributed by atoms with Gasteiger partial charge in [0.15, 0.2) is 0 Å². The zero-order valence-electron chi connectivity index (χ0n) is 8.27. The molecule has 2 rings (SSSR count). The van der Waals surface area contributed by atoms with Crippen molar-refractivity contribution < 1.29 is 9.72 Å². The fourth-order valence-electron chi connectivity index (χ4n) is 1.61. The predicted octanol–water partition coefficient (Wildman–Crippen LogP) is 1.10. The Morgan fingerprint density at radius 2 is 2.25 bits per heavy atom. The van der Waals surface area contributed by atoms with E-state index in [1.54, 1.807) is 12.3 Å². The number of hydrogen-bond acceptors (Lipinski definition) is 3. The van der Waals surface area contributed by atoms with Crippen molar-refractivity contribution in [2.75, 3.05) is 0 Å². The first kappa shape index (κ1) is 10.2. The van der Waals surface area contributed by atoms with Crippen LogP contribution in [0.5, 0.6) is 0 Å². The molecule has 1 amide bonds. The second kappa shape index (κ2) is 3.65. The number of fused-ring (bicyclic) bond motifs is 1. The van der Waals surface area contributed by atoms with Crippen molar-refractivity contribution in [2.45, 2.75) is 6.42 Å². The standard InChI is InChI=1S/C10H9N3O3/c11-10(14)3-6-5-12-9-2-1-7(13(15)16)4-8(6)9/h1-2,4-5,12H,3H2,(H2,11,14). The third-order valence-electron chi connectivity index (χ3n) is 2.33. The van der Waals surface area contributed by atoms with Gasteiger partial charge in [-0.05, 0) is 11.6 Å². The van der Waals surface area contributed by atoms with Crippen LogP contribution in [-0.2, 0) is 11.2 Å². The number of nitrogens with one attached hydrogen (secondary N) is 1. The van der Waals surface area contributed by atoms with Crippen LogP contribution in [0.4, 0.5) is 5.69 Å². The second-order valence-corrected chi connectivity index (χ2v) is 3.44. The number of nitrogens with two attached hydrogens (primary N) is 1. The second-order valence-electron chi connectivity index (χ2n) is 3.44. The summed E-state index contributed by atoms with van der Waals surface area (Å²) in [5.41, 5.74) is 6.51. The number of benzene rings is 1. The van der Waals surface area contributed by atoms with Gasteiger partial charge in [-0.1, -0.05) is 0 Å². The fourth-order valence-corrected chi connectivity index (χ4v) is 1.61. The molecule has 0 aliphatic heterocycles. The van der Waals surface area contributed by atoms with Crippen molar-refractivity contribution in [1.29, 1.82) is 0 Å². The number of nitro benzene ring substituents is 1. The van der Waals surface area contributed by atoms with Crippen molar-refractivity contribution >= 4 is 22.5 Å². The van der Waals surface area contributed by atoms with Crippen LogP contribution in [0.25, 0.3) is 10.9 Å². The van der Waals surface area contributed by atoms with Gasteiger partial charge in [-0.15, -0.1) is 0 Å². The smallest absolute Gasteiger partial charge is 0.270 e. The van der Waals surface area contributed by atoms with E-state index in [4.69, 9.17) is 5.73 Å². The van der Waals surface area contributed by atoms with E-state index in [1.165, 1.54) is 12.1 Å². The van der Waals surface area contributed by atoms with Crippen molar-refractivity contribution in [3.63, 3.8) is 0 Å². The minimum atomic E-state index is -0.472. The molecule has 0 saturated heterocycles. The fraction of sp³-hybridized carbons (Fsp3) is 0.100. The molecule has 3 N–H and O–H groups in total. The first-order chi connectivity index (χ1) is 7.58. The molecule has 0 saturated carbocycles. The summed E-state index contributed by atoms with van der Waals surface area (Å²) in [5, 5.41) is 11.3. The molecule has 16 heavy (non-hydrogen) atoms. The van der Waals surface area contributed by atoms with E-state index in [0.29, 0.717) is 10.9 Å². The molecule has 0 aliphatic rings. The molecule has 0 atom stereocenters. The summed E-state index contributed by atoms with van der Waals surface area (Å²) in [6.45, 7) is 0. The number of H-pyrrole nitrogens is 1. The number of non-ortho nitro benzene ring substituents is 1. The maximum absolute atomic E-state index is 10.8. The Kier molecular flexibility index (Phi) is 2.32. The number of hydrogen-bond donors (Lipinski definition) is 2. The maximum atomic E-state index is 10.8. The molecule has 0 unspecified atom stereocenters. The largest absolute Gasteiger partial charge is 0.369 e. The lowest BCUT2D eigenvalue weighted by atomic mass is 10.1. The van der Waals surface area contributed by atoms with E-state index >= 15 is 0 Å². The average molecular weight is 219 g/mol. The van der Waals surface area contributed by atoms with Gasteiger partial charge in [0.1, 0.15) is 0 Å². The summed E-state index contributed by atoms with van der Waals surface area (Å²) >= 11 is 0. The van der Waals surface area contributed by atoms with Crippen LogP contribution >= 0.6 is 0 Å². The number of aromatic nitrogens is 1. The van der Waals surface area contributed by atoms with Gasteiger partial charge >= 0.3 is 0 Å². The molecule has 1 heterocycles. The van der Waals surface area contributed by atoms with E-state index in [1.807, 2.05) is 0 Å². The molecule has 0 bridgehead atoms. The molecule has 0 radical (unpaired) electrons. The molecule has 0 spiro atoms. The summed E-state index contributed by atoms with van der Waals surface area (Å²) in [5.74, 6) is -0.465. The van der Waals surface area contributed by atoms with Crippen LogP contribution in [0.2, 0.25) is 0 Å². The van der Waals surface area contributed by atoms with Crippen molar-refractivity contribution in [2.24, 2.45) is 5.73 Å². The highest BCUT2D eigenvalue weighted by atomic mass is 16.6. The van der Waals surface area contributed by atoms with Crippen molar-refractivity contribution in [3.8, 4) is 0 Å². The molecule has 6 nitrogen and oxygen atoms in total. The van der Waals surface area contributed by atoms with Gasteiger partial charge in [0.05, 0.1) is 11.3 Å². The van der Waals surface area contributed by atoms with Crippen LogP contribution in [0.3, 0.4) is 0 Å². The number of nitrogens with zero attached hydrogens (tertiary/aromatic N) is 1. The lowest BCUT2D eigenvalue weighted by molar-refractivity contribution is -0.384. The SMILES string of the molecule is NC(=O)Cc1c[nH]c2ccc([N+](=O)[O-])cc12. The van der Waals surface area contributed by atoms with Gasteiger partial charge in [0.2, 0.25) is 5.91 Å². The third-order valence-corrected chi connectivity index (χ3v) is 2.33. The maximum Gasteiger partial charge on any atom is 0.270 e. The minimum absolute atomic E-state index is 0.00202. The Hall–Kier alpha value is -2.37.